The van der Waals surface area contributed by atoms with E-state index >= 15 is 0 Å². The van der Waals surface area contributed by atoms with Crippen LogP contribution in [-0.2, 0) is 15.0 Å². The molecule has 1 aliphatic carbocycles. The number of amides is 2. The molecule has 1 fully saturated rings. The van der Waals surface area contributed by atoms with E-state index in [2.05, 4.69) is 5.32 Å². The summed E-state index contributed by atoms with van der Waals surface area (Å²) in [4.78, 5) is 26.0. The molecular weight excluding hydrogens is 264 g/mol. The van der Waals surface area contributed by atoms with Crippen LogP contribution in [0.3, 0.4) is 0 Å². The monoisotopic (exact) mass is 288 g/mol. The maximum atomic E-state index is 13.0. The first-order valence-corrected chi connectivity index (χ1v) is 7.65. The van der Waals surface area contributed by atoms with Crippen LogP contribution in [0.15, 0.2) is 30.3 Å². The van der Waals surface area contributed by atoms with Gasteiger partial charge in [-0.2, -0.15) is 0 Å². The number of carbonyl (C=O) groups excluding carboxylic acids is 2. The fourth-order valence-electron chi connectivity index (χ4n) is 3.11. The summed E-state index contributed by atoms with van der Waals surface area (Å²) in [6.07, 6.45) is 0.812. The second-order valence-corrected chi connectivity index (χ2v) is 5.65. The Hall–Kier alpha value is -1.84. The molecule has 1 N–H and O–H groups in total. The van der Waals surface area contributed by atoms with Crippen molar-refractivity contribution in [1.29, 1.82) is 0 Å². The zero-order valence-electron chi connectivity index (χ0n) is 13.1. The van der Waals surface area contributed by atoms with Crippen molar-refractivity contribution in [2.75, 3.05) is 19.6 Å². The number of hydrogen-bond acceptors (Lipinski definition) is 2. The first kappa shape index (κ1) is 15.5. The highest BCUT2D eigenvalue weighted by molar-refractivity contribution is 5.92. The summed E-state index contributed by atoms with van der Waals surface area (Å²) in [5, 5.41) is 2.85. The van der Waals surface area contributed by atoms with Gasteiger partial charge in [0.05, 0.1) is 5.41 Å². The van der Waals surface area contributed by atoms with Gasteiger partial charge >= 0.3 is 0 Å². The van der Waals surface area contributed by atoms with Crippen LogP contribution in [-0.4, -0.2) is 36.3 Å². The van der Waals surface area contributed by atoms with Gasteiger partial charge in [-0.25, -0.2) is 0 Å². The molecule has 1 aromatic carbocycles. The lowest BCUT2D eigenvalue weighted by molar-refractivity contribution is -0.134. The van der Waals surface area contributed by atoms with Crippen LogP contribution in [0.2, 0.25) is 0 Å². The molecule has 4 heteroatoms. The predicted molar refractivity (Wildman–Crippen MR) is 82.8 cm³/mol. The number of benzene rings is 1. The first-order chi connectivity index (χ1) is 10.1. The lowest BCUT2D eigenvalue weighted by Gasteiger charge is -2.26. The summed E-state index contributed by atoms with van der Waals surface area (Å²) in [7, 11) is 0. The van der Waals surface area contributed by atoms with Gasteiger partial charge in [-0.15, -0.1) is 0 Å². The number of rotatable bonds is 6. The van der Waals surface area contributed by atoms with Crippen LogP contribution in [0.5, 0.6) is 0 Å². The maximum absolute atomic E-state index is 13.0. The standard InChI is InChI=1S/C17H24N2O2/c1-4-19(5-2)16(21)17(14-9-7-6-8-10-14)11-15(17)12-18-13(3)20/h6-10,15H,4-5,11-12H2,1-3H3,(H,18,20)/t15-,17+/m0/s1. The van der Waals surface area contributed by atoms with Crippen LogP contribution in [0, 0.1) is 5.92 Å². The molecule has 1 saturated carbocycles. The van der Waals surface area contributed by atoms with E-state index in [9.17, 15) is 9.59 Å². The lowest BCUT2D eigenvalue weighted by Crippen LogP contribution is -2.41. The first-order valence-electron chi connectivity index (χ1n) is 7.65. The van der Waals surface area contributed by atoms with Crippen LogP contribution in [0.25, 0.3) is 0 Å². The van der Waals surface area contributed by atoms with Crippen LogP contribution < -0.4 is 5.32 Å². The normalized spacial score (nSPS) is 23.5. The minimum absolute atomic E-state index is 0.0425. The second-order valence-electron chi connectivity index (χ2n) is 5.65. The summed E-state index contributed by atoms with van der Waals surface area (Å²) < 4.78 is 0. The molecule has 0 aliphatic heterocycles. The molecule has 0 spiro atoms. The van der Waals surface area contributed by atoms with Crippen LogP contribution in [0.4, 0.5) is 0 Å². The van der Waals surface area contributed by atoms with Crippen molar-refractivity contribution < 1.29 is 9.59 Å². The van der Waals surface area contributed by atoms with E-state index in [1.807, 2.05) is 49.1 Å². The van der Waals surface area contributed by atoms with Crippen molar-refractivity contribution in [2.45, 2.75) is 32.6 Å². The van der Waals surface area contributed by atoms with E-state index in [0.717, 1.165) is 25.1 Å². The van der Waals surface area contributed by atoms with Gasteiger partial charge < -0.3 is 10.2 Å². The minimum Gasteiger partial charge on any atom is -0.356 e. The zero-order valence-corrected chi connectivity index (χ0v) is 13.1. The molecule has 0 radical (unpaired) electrons. The molecular formula is C17H24N2O2. The third-order valence-corrected chi connectivity index (χ3v) is 4.42. The van der Waals surface area contributed by atoms with Crippen molar-refractivity contribution in [3.05, 3.63) is 35.9 Å². The lowest BCUT2D eigenvalue weighted by atomic mass is 9.91. The average molecular weight is 288 g/mol. The van der Waals surface area contributed by atoms with Crippen LogP contribution in [0.1, 0.15) is 32.8 Å². The quantitative estimate of drug-likeness (QED) is 0.870. The molecule has 1 aromatic rings. The number of nitrogens with one attached hydrogen (secondary N) is 1. The van der Waals surface area contributed by atoms with Gasteiger partial charge in [0, 0.05) is 26.6 Å². The fourth-order valence-corrected chi connectivity index (χ4v) is 3.11. The highest BCUT2D eigenvalue weighted by Gasteiger charge is 2.61. The van der Waals surface area contributed by atoms with Crippen molar-refractivity contribution >= 4 is 11.8 Å². The van der Waals surface area contributed by atoms with E-state index in [-0.39, 0.29) is 17.7 Å². The van der Waals surface area contributed by atoms with Gasteiger partial charge in [0.15, 0.2) is 0 Å². The Morgan fingerprint density at radius 3 is 2.38 bits per heavy atom. The molecule has 0 unspecified atom stereocenters. The smallest absolute Gasteiger partial charge is 0.233 e. The van der Waals surface area contributed by atoms with Crippen molar-refractivity contribution in [1.82, 2.24) is 10.2 Å². The Kier molecular flexibility index (Phi) is 4.66. The number of nitrogens with zero attached hydrogens (tertiary/aromatic N) is 1. The number of hydrogen-bond donors (Lipinski definition) is 1. The molecule has 0 aromatic heterocycles. The van der Waals surface area contributed by atoms with E-state index in [1.54, 1.807) is 0 Å². The minimum atomic E-state index is -0.449. The van der Waals surface area contributed by atoms with Gasteiger partial charge in [-0.3, -0.25) is 9.59 Å². The Labute approximate surface area is 126 Å². The van der Waals surface area contributed by atoms with Crippen molar-refractivity contribution in [3.8, 4) is 0 Å². The molecule has 0 bridgehead atoms. The number of carbonyl (C=O) groups is 2. The molecule has 1 aliphatic rings. The summed E-state index contributed by atoms with van der Waals surface area (Å²) in [6.45, 7) is 7.53. The highest BCUT2D eigenvalue weighted by atomic mass is 16.2. The molecule has 21 heavy (non-hydrogen) atoms. The molecule has 2 amide bonds. The van der Waals surface area contributed by atoms with E-state index < -0.39 is 5.41 Å². The van der Waals surface area contributed by atoms with E-state index in [0.29, 0.717) is 6.54 Å². The summed E-state index contributed by atoms with van der Waals surface area (Å²) in [6, 6.07) is 9.95. The van der Waals surface area contributed by atoms with Crippen molar-refractivity contribution in [2.24, 2.45) is 5.92 Å². The highest BCUT2D eigenvalue weighted by Crippen LogP contribution is 2.55. The van der Waals surface area contributed by atoms with Gasteiger partial charge in [0.2, 0.25) is 11.8 Å². The van der Waals surface area contributed by atoms with Crippen molar-refractivity contribution in [3.63, 3.8) is 0 Å². The van der Waals surface area contributed by atoms with Gasteiger partial charge in [0.1, 0.15) is 0 Å². The predicted octanol–water partition coefficient (Wildman–Crippen LogP) is 1.95. The SMILES string of the molecule is CCN(CC)C(=O)[C@@]1(c2ccccc2)C[C@H]1CNC(C)=O. The zero-order chi connectivity index (χ0) is 15.5. The Bertz CT molecular complexity index is 511. The topological polar surface area (TPSA) is 49.4 Å². The molecule has 114 valence electrons. The number of likely N-dealkylation sites (N-methyl/N-ethyl adjacent to an activating group) is 1. The largest absolute Gasteiger partial charge is 0.356 e. The Morgan fingerprint density at radius 2 is 1.86 bits per heavy atom. The summed E-state index contributed by atoms with van der Waals surface area (Å²) >= 11 is 0. The fraction of sp³-hybridized carbons (Fsp3) is 0.529. The molecule has 0 saturated heterocycles. The van der Waals surface area contributed by atoms with Gasteiger partial charge in [-0.1, -0.05) is 30.3 Å². The second kappa shape index (κ2) is 6.29. The summed E-state index contributed by atoms with van der Waals surface area (Å²) in [5.41, 5.74) is 0.618. The Balaban J connectivity index is 2.25. The van der Waals surface area contributed by atoms with E-state index in [1.165, 1.54) is 6.92 Å². The average Bonchev–Trinajstić information content (AvgIpc) is 3.23. The molecule has 0 heterocycles. The van der Waals surface area contributed by atoms with Gasteiger partial charge in [0.25, 0.3) is 0 Å². The summed E-state index contributed by atoms with van der Waals surface area (Å²) in [5.74, 6) is 0.338. The third kappa shape index (κ3) is 2.94. The third-order valence-electron chi connectivity index (χ3n) is 4.42. The Morgan fingerprint density at radius 1 is 1.24 bits per heavy atom. The van der Waals surface area contributed by atoms with E-state index in [4.69, 9.17) is 0 Å². The van der Waals surface area contributed by atoms with Crippen LogP contribution >= 0.6 is 0 Å². The molecule has 4 nitrogen and oxygen atoms in total. The molecule has 2 rings (SSSR count). The molecule has 2 atom stereocenters. The maximum Gasteiger partial charge on any atom is 0.233 e. The van der Waals surface area contributed by atoms with Gasteiger partial charge in [-0.05, 0) is 31.7 Å².